The summed E-state index contributed by atoms with van der Waals surface area (Å²) in [6.45, 7) is 7.43. The molecule has 0 fully saturated rings. The molecular weight excluding hydrogens is 394 g/mol. The maximum atomic E-state index is 11.9. The van der Waals surface area contributed by atoms with Gasteiger partial charge in [0.2, 0.25) is 0 Å². The van der Waals surface area contributed by atoms with Gasteiger partial charge in [0.15, 0.2) is 0 Å². The Morgan fingerprint density at radius 1 is 1.44 bits per heavy atom. The molecule has 2 rings (SSSR count). The first-order chi connectivity index (χ1) is 11.5. The van der Waals surface area contributed by atoms with E-state index in [2.05, 4.69) is 26.2 Å². The second kappa shape index (κ2) is 7.09. The summed E-state index contributed by atoms with van der Waals surface area (Å²) >= 11 is 3.28. The molecule has 9 heteroatoms. The van der Waals surface area contributed by atoms with Crippen LogP contribution in [-0.2, 0) is 15.0 Å². The summed E-state index contributed by atoms with van der Waals surface area (Å²) in [6, 6.07) is 4.62. The van der Waals surface area contributed by atoms with Gasteiger partial charge in [-0.1, -0.05) is 15.9 Å². The lowest BCUT2D eigenvalue weighted by atomic mass is 9.92. The highest BCUT2D eigenvalue weighted by Gasteiger charge is 2.33. The van der Waals surface area contributed by atoms with E-state index in [0.29, 0.717) is 15.9 Å². The van der Waals surface area contributed by atoms with E-state index in [1.165, 1.54) is 12.1 Å². The van der Waals surface area contributed by atoms with Crippen LogP contribution < -0.4 is 5.32 Å². The highest BCUT2D eigenvalue weighted by atomic mass is 79.9. The van der Waals surface area contributed by atoms with Gasteiger partial charge in [0, 0.05) is 16.6 Å². The lowest BCUT2D eigenvalue weighted by Crippen LogP contribution is -2.44. The van der Waals surface area contributed by atoms with Crippen molar-refractivity contribution in [2.75, 3.05) is 13.2 Å². The first-order valence-corrected chi connectivity index (χ1v) is 8.40. The van der Waals surface area contributed by atoms with Crippen LogP contribution in [0.3, 0.4) is 0 Å². The highest BCUT2D eigenvalue weighted by molar-refractivity contribution is 9.10. The molecule has 1 aliphatic rings. The highest BCUT2D eigenvalue weighted by Crippen LogP contribution is 2.33. The number of aliphatic imine (C=N–C) groups is 1. The zero-order chi connectivity index (χ0) is 18.8. The van der Waals surface area contributed by atoms with Crippen LogP contribution in [0.5, 0.6) is 0 Å². The molecule has 1 aliphatic heterocycles. The average Bonchev–Trinajstić information content (AvgIpc) is 2.44. The fourth-order valence-electron chi connectivity index (χ4n) is 2.33. The third kappa shape index (κ3) is 5.23. The van der Waals surface area contributed by atoms with E-state index in [-0.39, 0.29) is 18.9 Å². The van der Waals surface area contributed by atoms with E-state index in [0.717, 1.165) is 0 Å². The Balaban J connectivity index is 2.28. The SMILES string of the molecule is CC(C)(C)OC(=O)NC1=N[C@](C)(c2cc(Br)cc([N+](=O)[O-])c2)COC1. The lowest BCUT2D eigenvalue weighted by molar-refractivity contribution is -0.385. The number of carbonyl (C=O) groups is 1. The van der Waals surface area contributed by atoms with Crippen molar-refractivity contribution < 1.29 is 19.2 Å². The number of halogens is 1. The number of rotatable bonds is 2. The quantitative estimate of drug-likeness (QED) is 0.589. The molecule has 1 aromatic carbocycles. The zero-order valence-electron chi connectivity index (χ0n) is 14.5. The minimum Gasteiger partial charge on any atom is -0.444 e. The number of carbonyl (C=O) groups excluding carboxylic acids is 1. The molecule has 1 amide bonds. The van der Waals surface area contributed by atoms with Gasteiger partial charge < -0.3 is 9.47 Å². The smallest absolute Gasteiger partial charge is 0.413 e. The van der Waals surface area contributed by atoms with Gasteiger partial charge in [-0.2, -0.15) is 0 Å². The Hall–Kier alpha value is -2.00. The van der Waals surface area contributed by atoms with E-state index in [9.17, 15) is 14.9 Å². The van der Waals surface area contributed by atoms with E-state index in [4.69, 9.17) is 9.47 Å². The molecule has 8 nitrogen and oxygen atoms in total. The summed E-state index contributed by atoms with van der Waals surface area (Å²) in [5.74, 6) is 0.311. The number of ether oxygens (including phenoxy) is 2. The number of hydrogen-bond acceptors (Lipinski definition) is 6. The molecule has 0 unspecified atom stereocenters. The fraction of sp³-hybridized carbons (Fsp3) is 0.500. The van der Waals surface area contributed by atoms with E-state index >= 15 is 0 Å². The van der Waals surface area contributed by atoms with Crippen LogP contribution in [0.2, 0.25) is 0 Å². The Kier molecular flexibility index (Phi) is 5.48. The summed E-state index contributed by atoms with van der Waals surface area (Å²) in [4.78, 5) is 27.0. The summed E-state index contributed by atoms with van der Waals surface area (Å²) in [7, 11) is 0. The van der Waals surface area contributed by atoms with Crippen LogP contribution in [0.4, 0.5) is 10.5 Å². The minimum atomic E-state index is -0.864. The second-order valence-electron chi connectivity index (χ2n) is 6.91. The molecule has 0 spiro atoms. The van der Waals surface area contributed by atoms with Crippen molar-refractivity contribution in [3.8, 4) is 0 Å². The molecule has 0 radical (unpaired) electrons. The number of hydrogen-bond donors (Lipinski definition) is 1. The predicted octanol–water partition coefficient (Wildman–Crippen LogP) is 3.53. The number of amidine groups is 1. The van der Waals surface area contributed by atoms with E-state index < -0.39 is 22.2 Å². The second-order valence-corrected chi connectivity index (χ2v) is 7.82. The number of nitro groups is 1. The summed E-state index contributed by atoms with van der Waals surface area (Å²) in [6.07, 6.45) is -0.626. The van der Waals surface area contributed by atoms with E-state index in [1.807, 2.05) is 0 Å². The van der Waals surface area contributed by atoms with Gasteiger partial charge in [-0.05, 0) is 39.3 Å². The fourth-order valence-corrected chi connectivity index (χ4v) is 2.81. The van der Waals surface area contributed by atoms with Gasteiger partial charge in [-0.3, -0.25) is 20.4 Å². The Morgan fingerprint density at radius 2 is 2.12 bits per heavy atom. The van der Waals surface area contributed by atoms with Crippen molar-refractivity contribution in [1.82, 2.24) is 5.32 Å². The van der Waals surface area contributed by atoms with Crippen molar-refractivity contribution in [1.29, 1.82) is 0 Å². The molecule has 136 valence electrons. The van der Waals surface area contributed by atoms with Crippen LogP contribution in [-0.4, -0.2) is 35.7 Å². The van der Waals surface area contributed by atoms with Crippen molar-refractivity contribution in [2.24, 2.45) is 4.99 Å². The number of non-ortho nitro benzene ring substituents is 1. The largest absolute Gasteiger partial charge is 0.444 e. The summed E-state index contributed by atoms with van der Waals surface area (Å²) < 4.78 is 11.3. The topological polar surface area (TPSA) is 103 Å². The van der Waals surface area contributed by atoms with Gasteiger partial charge in [0.05, 0.1) is 11.5 Å². The van der Waals surface area contributed by atoms with Crippen LogP contribution in [0.15, 0.2) is 27.7 Å². The molecule has 1 aromatic rings. The minimum absolute atomic E-state index is 0.0481. The van der Waals surface area contributed by atoms with Crippen molar-refractivity contribution >= 4 is 33.5 Å². The Labute approximate surface area is 153 Å². The van der Waals surface area contributed by atoms with E-state index in [1.54, 1.807) is 33.8 Å². The van der Waals surface area contributed by atoms with Crippen LogP contribution in [0.1, 0.15) is 33.3 Å². The maximum Gasteiger partial charge on any atom is 0.413 e. The van der Waals surface area contributed by atoms with Crippen LogP contribution in [0, 0.1) is 10.1 Å². The van der Waals surface area contributed by atoms with Gasteiger partial charge in [0.25, 0.3) is 5.69 Å². The number of nitrogens with zero attached hydrogens (tertiary/aromatic N) is 2. The number of alkyl carbamates (subject to hydrolysis) is 1. The third-order valence-electron chi connectivity index (χ3n) is 3.36. The molecule has 0 aliphatic carbocycles. The molecule has 0 saturated carbocycles. The first kappa shape index (κ1) is 19.3. The first-order valence-electron chi connectivity index (χ1n) is 7.60. The van der Waals surface area contributed by atoms with Gasteiger partial charge >= 0.3 is 6.09 Å². The predicted molar refractivity (Wildman–Crippen MR) is 95.8 cm³/mol. The van der Waals surface area contributed by atoms with Crippen molar-refractivity contribution in [3.63, 3.8) is 0 Å². The monoisotopic (exact) mass is 413 g/mol. The van der Waals surface area contributed by atoms with Gasteiger partial charge in [-0.15, -0.1) is 0 Å². The molecule has 1 N–H and O–H groups in total. The molecule has 1 heterocycles. The summed E-state index contributed by atoms with van der Waals surface area (Å²) in [5.41, 5.74) is -0.935. The Bertz CT molecular complexity index is 729. The number of nitro benzene ring substituents is 1. The Morgan fingerprint density at radius 3 is 2.72 bits per heavy atom. The third-order valence-corrected chi connectivity index (χ3v) is 3.82. The van der Waals surface area contributed by atoms with Crippen LogP contribution >= 0.6 is 15.9 Å². The maximum absolute atomic E-state index is 11.9. The molecule has 0 saturated heterocycles. The molecular formula is C16H20BrN3O5. The standard InChI is InChI=1S/C16H20BrN3O5/c1-15(2,3)25-14(21)18-13-8-24-9-16(4,19-13)10-5-11(17)7-12(6-10)20(22)23/h5-7H,8-9H2,1-4H3,(H,18,19,21)/t16-/m0/s1. The average molecular weight is 414 g/mol. The van der Waals surface area contributed by atoms with Gasteiger partial charge in [0.1, 0.15) is 23.6 Å². The lowest BCUT2D eigenvalue weighted by Gasteiger charge is -2.31. The number of benzene rings is 1. The molecule has 25 heavy (non-hydrogen) atoms. The number of nitrogens with one attached hydrogen (secondary N) is 1. The number of amides is 1. The zero-order valence-corrected chi connectivity index (χ0v) is 16.0. The van der Waals surface area contributed by atoms with Crippen molar-refractivity contribution in [3.05, 3.63) is 38.3 Å². The molecule has 0 bridgehead atoms. The normalized spacial score (nSPS) is 20.6. The molecule has 0 aromatic heterocycles. The summed E-state index contributed by atoms with van der Waals surface area (Å²) in [5, 5.41) is 13.6. The van der Waals surface area contributed by atoms with Crippen LogP contribution in [0.25, 0.3) is 0 Å². The van der Waals surface area contributed by atoms with Crippen molar-refractivity contribution in [2.45, 2.75) is 38.8 Å². The van der Waals surface area contributed by atoms with Gasteiger partial charge in [-0.25, -0.2) is 4.79 Å². The molecule has 1 atom stereocenters.